The fraction of sp³-hybridized carbons (Fsp3) is 0.222. The lowest BCUT2D eigenvalue weighted by Crippen LogP contribution is -2.20. The number of nitrogens with one attached hydrogen (secondary N) is 1. The molecule has 0 spiro atoms. The highest BCUT2D eigenvalue weighted by Gasteiger charge is 2.08. The van der Waals surface area contributed by atoms with Gasteiger partial charge in [0.25, 0.3) is 5.91 Å². The second-order valence-corrected chi connectivity index (χ2v) is 5.28. The fourth-order valence-corrected chi connectivity index (χ4v) is 2.36. The summed E-state index contributed by atoms with van der Waals surface area (Å²) in [5, 5.41) is 2.79. The maximum absolute atomic E-state index is 12.0. The van der Waals surface area contributed by atoms with Crippen molar-refractivity contribution in [3.05, 3.63) is 54.5 Å². The quantitative estimate of drug-likeness (QED) is 0.756. The number of rotatable bonds is 6. The van der Waals surface area contributed by atoms with E-state index < -0.39 is 0 Å². The molecule has 0 fully saturated rings. The van der Waals surface area contributed by atoms with Crippen molar-refractivity contribution in [2.24, 2.45) is 0 Å². The van der Waals surface area contributed by atoms with E-state index in [0.29, 0.717) is 23.7 Å². The van der Waals surface area contributed by atoms with Gasteiger partial charge in [-0.3, -0.25) is 4.79 Å². The highest BCUT2D eigenvalue weighted by molar-refractivity contribution is 5.92. The molecule has 6 nitrogen and oxygen atoms in total. The van der Waals surface area contributed by atoms with Crippen molar-refractivity contribution in [1.82, 2.24) is 9.38 Å². The van der Waals surface area contributed by atoms with Crippen molar-refractivity contribution >= 4 is 17.2 Å². The molecule has 2 aromatic heterocycles. The van der Waals surface area contributed by atoms with E-state index in [9.17, 15) is 4.79 Å². The largest absolute Gasteiger partial charge is 0.494 e. The molecule has 0 unspecified atom stereocenters. The predicted molar refractivity (Wildman–Crippen MR) is 91.7 cm³/mol. The molecule has 124 valence electrons. The predicted octanol–water partition coefficient (Wildman–Crippen LogP) is 3.06. The SMILES string of the molecule is CCOc1ccc(NC(=O)COc2cccn3cc(C)nc23)cc1. The van der Waals surface area contributed by atoms with Crippen LogP contribution in [0.3, 0.4) is 0 Å². The van der Waals surface area contributed by atoms with Gasteiger partial charge in [0.15, 0.2) is 18.0 Å². The first kappa shape index (κ1) is 15.9. The van der Waals surface area contributed by atoms with Gasteiger partial charge in [-0.05, 0) is 50.2 Å². The van der Waals surface area contributed by atoms with Crippen LogP contribution in [0.5, 0.6) is 11.5 Å². The number of ether oxygens (including phenoxy) is 2. The number of imidazole rings is 1. The summed E-state index contributed by atoms with van der Waals surface area (Å²) in [6.45, 7) is 4.36. The smallest absolute Gasteiger partial charge is 0.262 e. The molecule has 1 aromatic carbocycles. The van der Waals surface area contributed by atoms with Crippen molar-refractivity contribution < 1.29 is 14.3 Å². The number of amides is 1. The van der Waals surface area contributed by atoms with E-state index in [0.717, 1.165) is 11.4 Å². The molecule has 0 saturated carbocycles. The highest BCUT2D eigenvalue weighted by atomic mass is 16.5. The van der Waals surface area contributed by atoms with Crippen LogP contribution in [0.2, 0.25) is 0 Å². The molecule has 6 heteroatoms. The third kappa shape index (κ3) is 3.65. The lowest BCUT2D eigenvalue weighted by molar-refractivity contribution is -0.118. The molecular weight excluding hydrogens is 306 g/mol. The minimum Gasteiger partial charge on any atom is -0.494 e. The van der Waals surface area contributed by atoms with Gasteiger partial charge in [-0.15, -0.1) is 0 Å². The summed E-state index contributed by atoms with van der Waals surface area (Å²) in [5.74, 6) is 1.12. The number of nitrogens with zero attached hydrogens (tertiary/aromatic N) is 2. The van der Waals surface area contributed by atoms with E-state index in [1.807, 2.05) is 48.8 Å². The number of pyridine rings is 1. The molecule has 0 radical (unpaired) electrons. The number of aryl methyl sites for hydroxylation is 1. The van der Waals surface area contributed by atoms with Crippen molar-refractivity contribution in [3.8, 4) is 11.5 Å². The molecule has 3 rings (SSSR count). The van der Waals surface area contributed by atoms with E-state index in [4.69, 9.17) is 9.47 Å². The number of fused-ring (bicyclic) bond motifs is 1. The first-order valence-corrected chi connectivity index (χ1v) is 7.75. The topological polar surface area (TPSA) is 64.9 Å². The summed E-state index contributed by atoms with van der Waals surface area (Å²) in [4.78, 5) is 16.4. The van der Waals surface area contributed by atoms with Crippen LogP contribution in [0.1, 0.15) is 12.6 Å². The van der Waals surface area contributed by atoms with Crippen molar-refractivity contribution in [3.63, 3.8) is 0 Å². The molecule has 0 aliphatic heterocycles. The molecule has 3 aromatic rings. The highest BCUT2D eigenvalue weighted by Crippen LogP contribution is 2.19. The molecule has 0 aliphatic rings. The summed E-state index contributed by atoms with van der Waals surface area (Å²) < 4.78 is 12.8. The van der Waals surface area contributed by atoms with Crippen LogP contribution in [-0.2, 0) is 4.79 Å². The zero-order valence-corrected chi connectivity index (χ0v) is 13.7. The first-order valence-electron chi connectivity index (χ1n) is 7.75. The lowest BCUT2D eigenvalue weighted by atomic mass is 10.3. The number of benzene rings is 1. The third-order valence-corrected chi connectivity index (χ3v) is 3.38. The summed E-state index contributed by atoms with van der Waals surface area (Å²) in [6, 6.07) is 10.9. The Hall–Kier alpha value is -3.02. The number of hydrogen-bond acceptors (Lipinski definition) is 4. The Morgan fingerprint density at radius 2 is 2.00 bits per heavy atom. The lowest BCUT2D eigenvalue weighted by Gasteiger charge is -2.09. The summed E-state index contributed by atoms with van der Waals surface area (Å²) in [6.07, 6.45) is 3.80. The molecular formula is C18H19N3O3. The Bertz CT molecular complexity index is 840. The average Bonchev–Trinajstić information content (AvgIpc) is 2.96. The third-order valence-electron chi connectivity index (χ3n) is 3.38. The van der Waals surface area contributed by atoms with Gasteiger partial charge in [0.2, 0.25) is 0 Å². The number of carbonyl (C=O) groups is 1. The van der Waals surface area contributed by atoms with Crippen molar-refractivity contribution in [2.75, 3.05) is 18.5 Å². The van der Waals surface area contributed by atoms with Crippen LogP contribution in [0.4, 0.5) is 5.69 Å². The fourth-order valence-electron chi connectivity index (χ4n) is 2.36. The van der Waals surface area contributed by atoms with Crippen LogP contribution in [-0.4, -0.2) is 28.5 Å². The summed E-state index contributed by atoms with van der Waals surface area (Å²) in [7, 11) is 0. The number of carbonyl (C=O) groups excluding carboxylic acids is 1. The normalized spacial score (nSPS) is 10.6. The minimum absolute atomic E-state index is 0.0845. The molecule has 1 N–H and O–H groups in total. The Morgan fingerprint density at radius 1 is 1.21 bits per heavy atom. The Morgan fingerprint density at radius 3 is 2.75 bits per heavy atom. The van der Waals surface area contributed by atoms with Crippen LogP contribution >= 0.6 is 0 Å². The minimum atomic E-state index is -0.232. The van der Waals surface area contributed by atoms with Crippen LogP contribution in [0, 0.1) is 6.92 Å². The molecule has 0 atom stereocenters. The molecule has 24 heavy (non-hydrogen) atoms. The Labute approximate surface area is 140 Å². The second kappa shape index (κ2) is 7.04. The molecule has 0 aliphatic carbocycles. The number of hydrogen-bond donors (Lipinski definition) is 1. The van der Waals surface area contributed by atoms with E-state index in [-0.39, 0.29) is 12.5 Å². The molecule has 1 amide bonds. The van der Waals surface area contributed by atoms with Crippen molar-refractivity contribution in [1.29, 1.82) is 0 Å². The second-order valence-electron chi connectivity index (χ2n) is 5.28. The zero-order chi connectivity index (χ0) is 16.9. The average molecular weight is 325 g/mol. The van der Waals surface area contributed by atoms with Gasteiger partial charge in [-0.2, -0.15) is 0 Å². The van der Waals surface area contributed by atoms with Crippen LogP contribution < -0.4 is 14.8 Å². The zero-order valence-electron chi connectivity index (χ0n) is 13.7. The molecule has 0 saturated heterocycles. The Kier molecular flexibility index (Phi) is 4.65. The summed E-state index contributed by atoms with van der Waals surface area (Å²) >= 11 is 0. The van der Waals surface area contributed by atoms with Gasteiger partial charge in [-0.25, -0.2) is 4.98 Å². The van der Waals surface area contributed by atoms with Gasteiger partial charge >= 0.3 is 0 Å². The van der Waals surface area contributed by atoms with Gasteiger partial charge in [-0.1, -0.05) is 0 Å². The summed E-state index contributed by atoms with van der Waals surface area (Å²) in [5.41, 5.74) is 2.29. The van der Waals surface area contributed by atoms with Gasteiger partial charge in [0, 0.05) is 18.1 Å². The van der Waals surface area contributed by atoms with Gasteiger partial charge < -0.3 is 19.2 Å². The van der Waals surface area contributed by atoms with Crippen molar-refractivity contribution in [2.45, 2.75) is 13.8 Å². The monoisotopic (exact) mass is 325 g/mol. The van der Waals surface area contributed by atoms with E-state index in [1.54, 1.807) is 18.2 Å². The maximum atomic E-state index is 12.0. The number of aromatic nitrogens is 2. The van der Waals surface area contributed by atoms with E-state index in [1.165, 1.54) is 0 Å². The maximum Gasteiger partial charge on any atom is 0.262 e. The van der Waals surface area contributed by atoms with E-state index >= 15 is 0 Å². The van der Waals surface area contributed by atoms with E-state index in [2.05, 4.69) is 10.3 Å². The van der Waals surface area contributed by atoms with Gasteiger partial charge in [0.1, 0.15) is 5.75 Å². The molecule has 2 heterocycles. The van der Waals surface area contributed by atoms with Crippen LogP contribution in [0.15, 0.2) is 48.8 Å². The Balaban J connectivity index is 1.60. The number of anilines is 1. The standard InChI is InChI=1S/C18H19N3O3/c1-3-23-15-8-6-14(7-9-15)20-17(22)12-24-16-5-4-10-21-11-13(2)19-18(16)21/h4-11H,3,12H2,1-2H3,(H,20,22). The molecule has 0 bridgehead atoms. The van der Waals surface area contributed by atoms with Gasteiger partial charge in [0.05, 0.1) is 12.3 Å². The van der Waals surface area contributed by atoms with Crippen LogP contribution in [0.25, 0.3) is 5.65 Å². The first-order chi connectivity index (χ1) is 11.7.